The van der Waals surface area contributed by atoms with Gasteiger partial charge in [0.05, 0.1) is 24.9 Å². The second-order valence-electron chi connectivity index (χ2n) is 9.07. The number of nitrogens with zero attached hydrogens (tertiary/aromatic N) is 2. The van der Waals surface area contributed by atoms with Gasteiger partial charge >= 0.3 is 6.09 Å². The van der Waals surface area contributed by atoms with E-state index in [0.717, 1.165) is 5.69 Å². The van der Waals surface area contributed by atoms with Crippen LogP contribution in [0.2, 0.25) is 0 Å². The summed E-state index contributed by atoms with van der Waals surface area (Å²) >= 11 is 0. The summed E-state index contributed by atoms with van der Waals surface area (Å²) in [5, 5.41) is 5.95. The maximum atomic E-state index is 12.4. The molecule has 0 radical (unpaired) electrons. The van der Waals surface area contributed by atoms with Gasteiger partial charge in [-0.3, -0.25) is 10.1 Å². The summed E-state index contributed by atoms with van der Waals surface area (Å²) < 4.78 is 17.3. The van der Waals surface area contributed by atoms with Crippen LogP contribution in [0.5, 0.6) is 0 Å². The highest BCUT2D eigenvalue weighted by molar-refractivity contribution is 5.96. The van der Waals surface area contributed by atoms with E-state index in [0.29, 0.717) is 23.8 Å². The summed E-state index contributed by atoms with van der Waals surface area (Å²) in [5.41, 5.74) is 1.84. The molecule has 0 spiro atoms. The molecule has 2 aliphatic rings. The predicted octanol–water partition coefficient (Wildman–Crippen LogP) is 3.17. The first-order valence-corrected chi connectivity index (χ1v) is 10.6. The van der Waals surface area contributed by atoms with Gasteiger partial charge in [-0.2, -0.15) is 0 Å². The van der Waals surface area contributed by atoms with Crippen LogP contribution >= 0.6 is 0 Å². The Morgan fingerprint density at radius 1 is 1.12 bits per heavy atom. The predicted molar refractivity (Wildman–Crippen MR) is 118 cm³/mol. The first kappa shape index (κ1) is 22.2. The second kappa shape index (κ2) is 8.84. The Balaban J connectivity index is 1.35. The van der Waals surface area contributed by atoms with Gasteiger partial charge in [-0.25, -0.2) is 14.8 Å². The van der Waals surface area contributed by atoms with Crippen LogP contribution in [-0.4, -0.2) is 59.4 Å². The van der Waals surface area contributed by atoms with Crippen LogP contribution in [0.15, 0.2) is 36.5 Å². The van der Waals surface area contributed by atoms with Gasteiger partial charge in [0.25, 0.3) is 0 Å². The van der Waals surface area contributed by atoms with E-state index in [-0.39, 0.29) is 36.1 Å². The number of hydrogen-bond donors (Lipinski definition) is 2. The highest BCUT2D eigenvalue weighted by atomic mass is 16.6. The standard InChI is InChI=1S/C23H28N4O5/c1-13(28)14-6-5-7-15(10-14)25-22(29)32-17-12-31-19-16(11-30-20(17)19)26-21-24-9-8-18(27-21)23(2,3)4/h5-10,16-17,19-20H,11-12H2,1-4H3,(H,25,29)(H,24,26,27)/t16-,17+,19+,20+/m0/s1. The fourth-order valence-electron chi connectivity index (χ4n) is 3.80. The van der Waals surface area contributed by atoms with Crippen molar-refractivity contribution in [3.8, 4) is 0 Å². The first-order valence-electron chi connectivity index (χ1n) is 10.6. The molecule has 2 aliphatic heterocycles. The van der Waals surface area contributed by atoms with Crippen LogP contribution in [0.4, 0.5) is 16.4 Å². The van der Waals surface area contributed by atoms with Crippen LogP contribution in [0.1, 0.15) is 43.7 Å². The molecular formula is C23H28N4O5. The summed E-state index contributed by atoms with van der Waals surface area (Å²) in [4.78, 5) is 32.8. The maximum absolute atomic E-state index is 12.4. The molecule has 4 atom stereocenters. The number of fused-ring (bicyclic) bond motifs is 1. The molecule has 1 amide bonds. The van der Waals surface area contributed by atoms with E-state index in [1.54, 1.807) is 30.5 Å². The molecule has 0 saturated carbocycles. The number of hydrogen-bond acceptors (Lipinski definition) is 8. The van der Waals surface area contributed by atoms with E-state index in [9.17, 15) is 9.59 Å². The van der Waals surface area contributed by atoms with Crippen molar-refractivity contribution >= 4 is 23.5 Å². The third-order valence-electron chi connectivity index (χ3n) is 5.52. The monoisotopic (exact) mass is 440 g/mol. The minimum atomic E-state index is -0.624. The van der Waals surface area contributed by atoms with Gasteiger partial charge in [-0.15, -0.1) is 0 Å². The van der Waals surface area contributed by atoms with Gasteiger partial charge in [0, 0.05) is 22.9 Å². The Morgan fingerprint density at radius 3 is 2.66 bits per heavy atom. The SMILES string of the molecule is CC(=O)c1cccc(NC(=O)O[C@@H]2CO[C@H]3[C@@H]2OC[C@@H]3Nc2nccc(C(C)(C)C)n2)c1. The molecule has 0 unspecified atom stereocenters. The summed E-state index contributed by atoms with van der Waals surface area (Å²) in [6.45, 7) is 8.38. The molecule has 1 aromatic carbocycles. The van der Waals surface area contributed by atoms with Gasteiger partial charge in [-0.05, 0) is 25.1 Å². The number of ether oxygens (including phenoxy) is 3. The third-order valence-corrected chi connectivity index (χ3v) is 5.52. The number of rotatable bonds is 5. The van der Waals surface area contributed by atoms with Gasteiger partial charge in [0.1, 0.15) is 12.2 Å². The van der Waals surface area contributed by atoms with Crippen LogP contribution in [-0.2, 0) is 19.6 Å². The number of nitrogens with one attached hydrogen (secondary N) is 2. The minimum absolute atomic E-state index is 0.0797. The molecule has 0 aliphatic carbocycles. The molecule has 3 heterocycles. The van der Waals surface area contributed by atoms with Crippen molar-refractivity contribution in [3.63, 3.8) is 0 Å². The molecule has 2 saturated heterocycles. The zero-order valence-corrected chi connectivity index (χ0v) is 18.6. The number of anilines is 2. The summed E-state index contributed by atoms with van der Waals surface area (Å²) in [6, 6.07) is 8.44. The molecule has 2 N–H and O–H groups in total. The molecule has 32 heavy (non-hydrogen) atoms. The van der Waals surface area contributed by atoms with E-state index in [4.69, 9.17) is 14.2 Å². The molecule has 9 heteroatoms. The lowest BCUT2D eigenvalue weighted by Crippen LogP contribution is -2.38. The quantitative estimate of drug-likeness (QED) is 0.682. The number of aromatic nitrogens is 2. The minimum Gasteiger partial charge on any atom is -0.441 e. The smallest absolute Gasteiger partial charge is 0.412 e. The lowest BCUT2D eigenvalue weighted by atomic mass is 9.92. The average Bonchev–Trinajstić information content (AvgIpc) is 3.31. The summed E-state index contributed by atoms with van der Waals surface area (Å²) in [7, 11) is 0. The van der Waals surface area contributed by atoms with Crippen molar-refractivity contribution in [2.45, 2.75) is 57.5 Å². The Labute approximate surface area is 186 Å². The normalized spacial score (nSPS) is 24.6. The lowest BCUT2D eigenvalue weighted by Gasteiger charge is -2.20. The van der Waals surface area contributed by atoms with Crippen molar-refractivity contribution in [3.05, 3.63) is 47.8 Å². The Hall–Kier alpha value is -3.04. The van der Waals surface area contributed by atoms with Crippen molar-refractivity contribution in [1.29, 1.82) is 0 Å². The number of amides is 1. The van der Waals surface area contributed by atoms with Gasteiger partial charge in [0.15, 0.2) is 11.9 Å². The zero-order chi connectivity index (χ0) is 22.9. The molecular weight excluding hydrogens is 412 g/mol. The molecule has 1 aromatic heterocycles. The van der Waals surface area contributed by atoms with Gasteiger partial charge < -0.3 is 19.5 Å². The molecule has 9 nitrogen and oxygen atoms in total. The van der Waals surface area contributed by atoms with E-state index < -0.39 is 12.2 Å². The highest BCUT2D eigenvalue weighted by Crippen LogP contribution is 2.31. The Kier molecular flexibility index (Phi) is 6.12. The third kappa shape index (κ3) is 4.89. The van der Waals surface area contributed by atoms with Gasteiger partial charge in [0.2, 0.25) is 5.95 Å². The van der Waals surface area contributed by atoms with Crippen molar-refractivity contribution in [2.24, 2.45) is 0 Å². The molecule has 4 rings (SSSR count). The van der Waals surface area contributed by atoms with Crippen LogP contribution in [0.3, 0.4) is 0 Å². The number of carbonyl (C=O) groups excluding carboxylic acids is 2. The fraction of sp³-hybridized carbons (Fsp3) is 0.478. The lowest BCUT2D eigenvalue weighted by molar-refractivity contribution is 0.00916. The maximum Gasteiger partial charge on any atom is 0.412 e. The number of Topliss-reactive ketones (excluding diaryl/α,β-unsaturated/α-hetero) is 1. The van der Waals surface area contributed by atoms with E-state index in [1.165, 1.54) is 6.92 Å². The molecule has 170 valence electrons. The Morgan fingerprint density at radius 2 is 1.91 bits per heavy atom. The molecule has 0 bridgehead atoms. The second-order valence-corrected chi connectivity index (χ2v) is 9.07. The Bertz CT molecular complexity index is 1010. The molecule has 2 aromatic rings. The highest BCUT2D eigenvalue weighted by Gasteiger charge is 2.49. The number of carbonyl (C=O) groups is 2. The summed E-state index contributed by atoms with van der Waals surface area (Å²) in [5.74, 6) is 0.437. The largest absolute Gasteiger partial charge is 0.441 e. The van der Waals surface area contributed by atoms with Gasteiger partial charge in [-0.1, -0.05) is 32.9 Å². The van der Waals surface area contributed by atoms with Crippen molar-refractivity contribution in [1.82, 2.24) is 9.97 Å². The number of ketones is 1. The molecule has 2 fully saturated rings. The summed E-state index contributed by atoms with van der Waals surface area (Å²) in [6.07, 6.45) is -0.0927. The average molecular weight is 441 g/mol. The first-order chi connectivity index (χ1) is 15.2. The van der Waals surface area contributed by atoms with Crippen molar-refractivity contribution in [2.75, 3.05) is 23.8 Å². The zero-order valence-electron chi connectivity index (χ0n) is 18.6. The van der Waals surface area contributed by atoms with E-state index in [2.05, 4.69) is 41.4 Å². The van der Waals surface area contributed by atoms with Crippen molar-refractivity contribution < 1.29 is 23.8 Å². The van der Waals surface area contributed by atoms with E-state index >= 15 is 0 Å². The topological polar surface area (TPSA) is 112 Å². The van der Waals surface area contributed by atoms with Crippen LogP contribution in [0.25, 0.3) is 0 Å². The van der Waals surface area contributed by atoms with Crippen LogP contribution < -0.4 is 10.6 Å². The van der Waals surface area contributed by atoms with Crippen LogP contribution in [0, 0.1) is 0 Å². The fourth-order valence-corrected chi connectivity index (χ4v) is 3.80. The van der Waals surface area contributed by atoms with E-state index in [1.807, 2.05) is 6.07 Å². The number of benzene rings is 1.